The molecule has 96 valence electrons. The number of hydrogen-bond donors (Lipinski definition) is 2. The number of halogens is 2. The van der Waals surface area contributed by atoms with Gasteiger partial charge in [-0.15, -0.1) is 0 Å². The molecule has 0 amide bonds. The first-order valence-electron chi connectivity index (χ1n) is 5.96. The van der Waals surface area contributed by atoms with Crippen LogP contribution in [0.2, 0.25) is 0 Å². The molecule has 0 saturated heterocycles. The van der Waals surface area contributed by atoms with E-state index < -0.39 is 0 Å². The Labute approximate surface area is 128 Å². The highest BCUT2D eigenvalue weighted by Crippen LogP contribution is 2.33. The zero-order chi connectivity index (χ0) is 13.2. The van der Waals surface area contributed by atoms with Gasteiger partial charge >= 0.3 is 0 Å². The van der Waals surface area contributed by atoms with Crippen LogP contribution in [-0.2, 0) is 0 Å². The van der Waals surface area contributed by atoms with E-state index in [1.807, 2.05) is 30.6 Å². The van der Waals surface area contributed by atoms with Gasteiger partial charge in [-0.1, -0.05) is 31.9 Å². The lowest BCUT2D eigenvalue weighted by atomic mass is 9.93. The lowest BCUT2D eigenvalue weighted by molar-refractivity contribution is 0.896. The Balaban J connectivity index is 2.14. The Morgan fingerprint density at radius 1 is 0.789 bits per heavy atom. The molecule has 0 spiro atoms. The summed E-state index contributed by atoms with van der Waals surface area (Å²) in [6, 6.07) is 14.6. The van der Waals surface area contributed by atoms with Crippen LogP contribution in [0.3, 0.4) is 0 Å². The highest BCUT2D eigenvalue weighted by molar-refractivity contribution is 9.11. The van der Waals surface area contributed by atoms with Crippen molar-refractivity contribution >= 4 is 31.9 Å². The topological polar surface area (TPSA) is 31.6 Å². The molecule has 2 N–H and O–H groups in total. The van der Waals surface area contributed by atoms with Gasteiger partial charge in [-0.2, -0.15) is 0 Å². The van der Waals surface area contributed by atoms with Gasteiger partial charge in [0.25, 0.3) is 0 Å². The normalized spacial score (nSPS) is 11.1. The zero-order valence-corrected chi connectivity index (χ0v) is 13.2. The summed E-state index contributed by atoms with van der Waals surface area (Å²) >= 11 is 7.11. The minimum atomic E-state index is 0.179. The molecule has 0 aliphatic carbocycles. The number of benzene rings is 1. The molecule has 0 saturated carbocycles. The molecule has 0 aliphatic heterocycles. The van der Waals surface area contributed by atoms with Gasteiger partial charge in [-0.05, 0) is 48.0 Å². The summed E-state index contributed by atoms with van der Waals surface area (Å²) in [7, 11) is 0. The predicted molar refractivity (Wildman–Crippen MR) is 84.4 cm³/mol. The molecule has 2 aromatic heterocycles. The van der Waals surface area contributed by atoms with Crippen LogP contribution in [0.4, 0.5) is 0 Å². The van der Waals surface area contributed by atoms with Crippen LogP contribution in [0, 0.1) is 0 Å². The van der Waals surface area contributed by atoms with E-state index in [4.69, 9.17) is 0 Å². The molecule has 0 aliphatic rings. The number of aromatic nitrogens is 2. The minimum absolute atomic E-state index is 0.179. The number of hydrogen-bond acceptors (Lipinski definition) is 0. The third-order valence-corrected chi connectivity index (χ3v) is 4.00. The molecule has 0 fully saturated rings. The molecule has 0 radical (unpaired) electrons. The van der Waals surface area contributed by atoms with Crippen LogP contribution in [0.25, 0.3) is 0 Å². The van der Waals surface area contributed by atoms with Crippen LogP contribution in [0.5, 0.6) is 0 Å². The molecule has 0 atom stereocenters. The van der Waals surface area contributed by atoms with Crippen molar-refractivity contribution in [3.63, 3.8) is 0 Å². The number of rotatable bonds is 3. The van der Waals surface area contributed by atoms with Gasteiger partial charge in [0, 0.05) is 32.7 Å². The fourth-order valence-electron chi connectivity index (χ4n) is 2.32. The molecular weight excluding hydrogens is 368 g/mol. The first-order chi connectivity index (χ1) is 9.24. The van der Waals surface area contributed by atoms with Crippen LogP contribution in [-0.4, -0.2) is 9.97 Å². The smallest absolute Gasteiger partial charge is 0.0642 e. The van der Waals surface area contributed by atoms with Crippen molar-refractivity contribution in [2.45, 2.75) is 5.92 Å². The second-order valence-corrected chi connectivity index (χ2v) is 6.22. The Hall–Kier alpha value is -1.26. The Kier molecular flexibility index (Phi) is 3.62. The maximum atomic E-state index is 3.56. The summed E-state index contributed by atoms with van der Waals surface area (Å²) in [5.41, 5.74) is 3.58. The predicted octanol–water partition coefficient (Wildman–Crippen LogP) is 5.05. The van der Waals surface area contributed by atoms with Gasteiger partial charge in [0.2, 0.25) is 0 Å². The molecule has 0 unspecified atom stereocenters. The Morgan fingerprint density at radius 3 is 1.74 bits per heavy atom. The molecule has 19 heavy (non-hydrogen) atoms. The van der Waals surface area contributed by atoms with E-state index in [1.54, 1.807) is 0 Å². The van der Waals surface area contributed by atoms with E-state index in [1.165, 1.54) is 17.0 Å². The maximum Gasteiger partial charge on any atom is 0.0642 e. The fourth-order valence-corrected chi connectivity index (χ4v) is 3.65. The van der Waals surface area contributed by atoms with Crippen molar-refractivity contribution in [3.8, 4) is 0 Å². The van der Waals surface area contributed by atoms with Crippen LogP contribution < -0.4 is 0 Å². The Bertz CT molecular complexity index is 603. The van der Waals surface area contributed by atoms with Gasteiger partial charge in [-0.3, -0.25) is 0 Å². The second kappa shape index (κ2) is 5.39. The monoisotopic (exact) mass is 378 g/mol. The van der Waals surface area contributed by atoms with Crippen LogP contribution in [0.15, 0.2) is 63.8 Å². The third kappa shape index (κ3) is 2.69. The summed E-state index contributed by atoms with van der Waals surface area (Å²) in [5, 5.41) is 0. The fraction of sp³-hybridized carbons (Fsp3) is 0.0667. The summed E-state index contributed by atoms with van der Waals surface area (Å²) < 4.78 is 2.14. The molecule has 4 heteroatoms. The van der Waals surface area contributed by atoms with Crippen molar-refractivity contribution in [2.24, 2.45) is 0 Å². The van der Waals surface area contributed by atoms with Crippen molar-refractivity contribution in [1.29, 1.82) is 0 Å². The number of nitrogens with one attached hydrogen (secondary N) is 2. The van der Waals surface area contributed by atoms with Crippen LogP contribution in [0.1, 0.15) is 22.9 Å². The van der Waals surface area contributed by atoms with Crippen molar-refractivity contribution in [1.82, 2.24) is 9.97 Å². The lowest BCUT2D eigenvalue weighted by Crippen LogP contribution is -2.04. The quantitative estimate of drug-likeness (QED) is 0.638. The van der Waals surface area contributed by atoms with E-state index in [0.717, 1.165) is 8.95 Å². The summed E-state index contributed by atoms with van der Waals surface area (Å²) in [6.07, 6.45) is 3.91. The minimum Gasteiger partial charge on any atom is -0.364 e. The van der Waals surface area contributed by atoms with Crippen molar-refractivity contribution < 1.29 is 0 Å². The average molecular weight is 380 g/mol. The van der Waals surface area contributed by atoms with E-state index in [-0.39, 0.29) is 5.92 Å². The molecule has 2 nitrogen and oxygen atoms in total. The summed E-state index contributed by atoms with van der Waals surface area (Å²) in [6.45, 7) is 0. The zero-order valence-electron chi connectivity index (χ0n) is 10.0. The van der Waals surface area contributed by atoms with E-state index in [2.05, 4.69) is 66.1 Å². The molecule has 3 aromatic rings. The maximum absolute atomic E-state index is 3.56. The number of H-pyrrole nitrogens is 2. The van der Waals surface area contributed by atoms with Gasteiger partial charge in [-0.25, -0.2) is 0 Å². The SMILES string of the molecule is Brc1cc(Br)cc(C(c2ccc[nH]2)c2ccc[nH]2)c1. The van der Waals surface area contributed by atoms with E-state index >= 15 is 0 Å². The third-order valence-electron chi connectivity index (χ3n) is 3.08. The second-order valence-electron chi connectivity index (χ2n) is 4.39. The molecule has 3 rings (SSSR count). The molecular formula is C15H12Br2N2. The van der Waals surface area contributed by atoms with Crippen molar-refractivity contribution in [2.75, 3.05) is 0 Å². The Morgan fingerprint density at radius 2 is 1.32 bits per heavy atom. The summed E-state index contributed by atoms with van der Waals surface area (Å²) in [5.74, 6) is 0.179. The molecule has 1 aromatic carbocycles. The highest BCUT2D eigenvalue weighted by Gasteiger charge is 2.19. The molecule has 0 bridgehead atoms. The van der Waals surface area contributed by atoms with Gasteiger partial charge in [0.05, 0.1) is 5.92 Å². The van der Waals surface area contributed by atoms with E-state index in [0.29, 0.717) is 0 Å². The first-order valence-corrected chi connectivity index (χ1v) is 7.55. The average Bonchev–Trinajstić information content (AvgIpc) is 3.01. The number of aromatic amines is 2. The van der Waals surface area contributed by atoms with Crippen LogP contribution >= 0.6 is 31.9 Å². The first kappa shape index (κ1) is 12.8. The largest absolute Gasteiger partial charge is 0.364 e. The van der Waals surface area contributed by atoms with Gasteiger partial charge < -0.3 is 9.97 Å². The van der Waals surface area contributed by atoms with E-state index in [9.17, 15) is 0 Å². The standard InChI is InChI=1S/C15H12Br2N2/c16-11-7-10(8-12(17)9-11)15(13-3-1-5-18-13)14-4-2-6-19-14/h1-9,15,18-19H. The lowest BCUT2D eigenvalue weighted by Gasteiger charge is -2.16. The highest BCUT2D eigenvalue weighted by atomic mass is 79.9. The molecule has 2 heterocycles. The summed E-state index contributed by atoms with van der Waals surface area (Å²) in [4.78, 5) is 6.62. The van der Waals surface area contributed by atoms with Gasteiger partial charge in [0.1, 0.15) is 0 Å². The van der Waals surface area contributed by atoms with Crippen molar-refractivity contribution in [3.05, 3.63) is 80.8 Å². The van der Waals surface area contributed by atoms with Gasteiger partial charge in [0.15, 0.2) is 0 Å².